The number of aromatic nitrogens is 6. The van der Waals surface area contributed by atoms with E-state index in [0.29, 0.717) is 13.1 Å². The van der Waals surface area contributed by atoms with Crippen LogP contribution in [0.2, 0.25) is 0 Å². The van der Waals surface area contributed by atoms with Gasteiger partial charge in [-0.15, -0.1) is 15.3 Å². The minimum atomic E-state index is 0.0528. The lowest BCUT2D eigenvalue weighted by atomic mass is 10.2. The molecule has 0 fully saturated rings. The Morgan fingerprint density at radius 3 is 2.86 bits per heavy atom. The van der Waals surface area contributed by atoms with E-state index < -0.39 is 0 Å². The van der Waals surface area contributed by atoms with Crippen LogP contribution in [0.15, 0.2) is 43.1 Å². The van der Waals surface area contributed by atoms with Gasteiger partial charge in [0.2, 0.25) is 0 Å². The van der Waals surface area contributed by atoms with E-state index in [4.69, 9.17) is 5.11 Å². The number of hydrogen-bond donors (Lipinski definition) is 2. The van der Waals surface area contributed by atoms with Gasteiger partial charge in [0.05, 0.1) is 31.6 Å². The summed E-state index contributed by atoms with van der Waals surface area (Å²) in [6, 6.07) is 7.92. The van der Waals surface area contributed by atoms with Gasteiger partial charge in [-0.3, -0.25) is 4.57 Å². The van der Waals surface area contributed by atoms with E-state index in [2.05, 4.69) is 25.8 Å². The molecule has 0 radical (unpaired) electrons. The summed E-state index contributed by atoms with van der Waals surface area (Å²) < 4.78 is 3.45. The zero-order chi connectivity index (χ0) is 14.5. The molecule has 0 aliphatic carbocycles. The van der Waals surface area contributed by atoms with Gasteiger partial charge < -0.3 is 10.4 Å². The highest BCUT2D eigenvalue weighted by molar-refractivity contribution is 5.51. The van der Waals surface area contributed by atoms with Crippen LogP contribution in [0.5, 0.6) is 0 Å². The molecule has 108 valence electrons. The standard InChI is InChI=1S/C13H15N7O/c21-5-4-20-8-12(17-18-20)7-14-11-2-1-3-13(6-11)19-9-15-16-10-19/h1-3,6,8-10,14,21H,4-5,7H2. The average Bonchev–Trinajstić information content (AvgIpc) is 3.18. The first-order chi connectivity index (χ1) is 10.3. The zero-order valence-corrected chi connectivity index (χ0v) is 11.3. The molecule has 0 spiro atoms. The van der Waals surface area contributed by atoms with Crippen LogP contribution in [-0.2, 0) is 13.1 Å². The first-order valence-electron chi connectivity index (χ1n) is 6.54. The number of aliphatic hydroxyl groups excluding tert-OH is 1. The largest absolute Gasteiger partial charge is 0.394 e. The van der Waals surface area contributed by atoms with Gasteiger partial charge in [0, 0.05) is 5.69 Å². The van der Waals surface area contributed by atoms with E-state index >= 15 is 0 Å². The number of nitrogens with zero attached hydrogens (tertiary/aromatic N) is 6. The number of aliphatic hydroxyl groups is 1. The maximum Gasteiger partial charge on any atom is 0.123 e. The summed E-state index contributed by atoms with van der Waals surface area (Å²) in [6.45, 7) is 1.07. The van der Waals surface area contributed by atoms with Crippen LogP contribution in [0.3, 0.4) is 0 Å². The van der Waals surface area contributed by atoms with Crippen molar-refractivity contribution in [1.82, 2.24) is 29.8 Å². The second kappa shape index (κ2) is 6.14. The highest BCUT2D eigenvalue weighted by atomic mass is 16.3. The van der Waals surface area contributed by atoms with Crippen molar-refractivity contribution in [1.29, 1.82) is 0 Å². The van der Waals surface area contributed by atoms with Gasteiger partial charge in [-0.05, 0) is 18.2 Å². The third kappa shape index (κ3) is 3.23. The highest BCUT2D eigenvalue weighted by Crippen LogP contribution is 2.14. The lowest BCUT2D eigenvalue weighted by Gasteiger charge is -2.07. The normalized spacial score (nSPS) is 10.7. The Morgan fingerprint density at radius 1 is 1.19 bits per heavy atom. The molecule has 0 amide bonds. The molecule has 0 saturated carbocycles. The fourth-order valence-corrected chi connectivity index (χ4v) is 1.93. The molecule has 0 atom stereocenters. The number of benzene rings is 1. The van der Waals surface area contributed by atoms with Crippen LogP contribution in [0, 0.1) is 0 Å². The third-order valence-electron chi connectivity index (χ3n) is 2.95. The molecule has 2 heterocycles. The SMILES string of the molecule is OCCn1cc(CNc2cccc(-n3cnnc3)c2)nn1. The van der Waals surface area contributed by atoms with Gasteiger partial charge in [0.15, 0.2) is 0 Å². The van der Waals surface area contributed by atoms with Crippen molar-refractivity contribution >= 4 is 5.69 Å². The van der Waals surface area contributed by atoms with Crippen LogP contribution in [0.4, 0.5) is 5.69 Å². The monoisotopic (exact) mass is 285 g/mol. The quantitative estimate of drug-likeness (QED) is 0.683. The zero-order valence-electron chi connectivity index (χ0n) is 11.3. The van der Waals surface area contributed by atoms with E-state index in [1.54, 1.807) is 17.3 Å². The molecular formula is C13H15N7O. The predicted octanol–water partition coefficient (Wildman–Crippen LogP) is 0.463. The topological polar surface area (TPSA) is 93.7 Å². The van der Waals surface area contributed by atoms with E-state index in [9.17, 15) is 0 Å². The summed E-state index contributed by atoms with van der Waals surface area (Å²) in [5, 5.41) is 27.7. The Hall–Kier alpha value is -2.74. The number of anilines is 1. The van der Waals surface area contributed by atoms with Gasteiger partial charge >= 0.3 is 0 Å². The molecule has 8 nitrogen and oxygen atoms in total. The molecule has 0 aliphatic rings. The molecule has 3 aromatic rings. The van der Waals surface area contributed by atoms with Crippen LogP contribution in [0.25, 0.3) is 5.69 Å². The van der Waals surface area contributed by atoms with E-state index in [0.717, 1.165) is 17.1 Å². The molecule has 8 heteroatoms. The summed E-state index contributed by atoms with van der Waals surface area (Å²) in [5.41, 5.74) is 2.77. The van der Waals surface area contributed by atoms with Crippen molar-refractivity contribution in [3.8, 4) is 5.69 Å². The first-order valence-corrected chi connectivity index (χ1v) is 6.54. The molecule has 1 aromatic carbocycles. The van der Waals surface area contributed by atoms with Crippen LogP contribution >= 0.6 is 0 Å². The fraction of sp³-hybridized carbons (Fsp3) is 0.231. The third-order valence-corrected chi connectivity index (χ3v) is 2.95. The van der Waals surface area contributed by atoms with E-state index in [1.807, 2.05) is 35.0 Å². The van der Waals surface area contributed by atoms with Crippen molar-refractivity contribution in [3.05, 3.63) is 48.8 Å². The van der Waals surface area contributed by atoms with Crippen molar-refractivity contribution in [2.24, 2.45) is 0 Å². The smallest absolute Gasteiger partial charge is 0.123 e. The Labute approximate surface area is 121 Å². The molecule has 3 rings (SSSR count). The molecular weight excluding hydrogens is 270 g/mol. The van der Waals surface area contributed by atoms with Gasteiger partial charge in [-0.1, -0.05) is 11.3 Å². The van der Waals surface area contributed by atoms with Gasteiger partial charge in [0.25, 0.3) is 0 Å². The van der Waals surface area contributed by atoms with Gasteiger partial charge in [-0.2, -0.15) is 0 Å². The average molecular weight is 285 g/mol. The lowest BCUT2D eigenvalue weighted by molar-refractivity contribution is 0.268. The van der Waals surface area contributed by atoms with Crippen molar-refractivity contribution in [3.63, 3.8) is 0 Å². The Balaban J connectivity index is 1.66. The van der Waals surface area contributed by atoms with Crippen molar-refractivity contribution in [2.75, 3.05) is 11.9 Å². The minimum absolute atomic E-state index is 0.0528. The Kier molecular flexibility index (Phi) is 3.88. The number of nitrogens with one attached hydrogen (secondary N) is 1. The fourth-order valence-electron chi connectivity index (χ4n) is 1.93. The Bertz CT molecular complexity index is 692. The molecule has 0 saturated heterocycles. The number of rotatable bonds is 6. The number of hydrogen-bond acceptors (Lipinski definition) is 6. The second-order valence-corrected chi connectivity index (χ2v) is 4.47. The van der Waals surface area contributed by atoms with Crippen LogP contribution in [-0.4, -0.2) is 41.5 Å². The maximum absolute atomic E-state index is 8.84. The van der Waals surface area contributed by atoms with Crippen molar-refractivity contribution < 1.29 is 5.11 Å². The summed E-state index contributed by atoms with van der Waals surface area (Å²) in [7, 11) is 0. The van der Waals surface area contributed by atoms with E-state index in [-0.39, 0.29) is 6.61 Å². The maximum atomic E-state index is 8.84. The molecule has 2 aromatic heterocycles. The lowest BCUT2D eigenvalue weighted by Crippen LogP contribution is -2.02. The minimum Gasteiger partial charge on any atom is -0.394 e. The van der Waals surface area contributed by atoms with Crippen LogP contribution in [0.1, 0.15) is 5.69 Å². The molecule has 0 bridgehead atoms. The molecule has 2 N–H and O–H groups in total. The summed E-state index contributed by atoms with van der Waals surface area (Å²) in [5.74, 6) is 0. The van der Waals surface area contributed by atoms with Crippen LogP contribution < -0.4 is 5.32 Å². The van der Waals surface area contributed by atoms with E-state index in [1.165, 1.54) is 0 Å². The van der Waals surface area contributed by atoms with Gasteiger partial charge in [0.1, 0.15) is 18.3 Å². The first kappa shape index (κ1) is 13.3. The van der Waals surface area contributed by atoms with Gasteiger partial charge in [-0.25, -0.2) is 4.68 Å². The molecule has 0 aliphatic heterocycles. The molecule has 21 heavy (non-hydrogen) atoms. The summed E-state index contributed by atoms with van der Waals surface area (Å²) >= 11 is 0. The molecule has 0 unspecified atom stereocenters. The van der Waals surface area contributed by atoms with Crippen molar-refractivity contribution in [2.45, 2.75) is 13.1 Å². The highest BCUT2D eigenvalue weighted by Gasteiger charge is 2.02. The second-order valence-electron chi connectivity index (χ2n) is 4.47. The summed E-state index contributed by atoms with van der Waals surface area (Å²) in [6.07, 6.45) is 5.12. The predicted molar refractivity (Wildman–Crippen MR) is 75.8 cm³/mol. The summed E-state index contributed by atoms with van der Waals surface area (Å²) in [4.78, 5) is 0. The Morgan fingerprint density at radius 2 is 2.05 bits per heavy atom.